The van der Waals surface area contributed by atoms with E-state index >= 15 is 0 Å². The number of hydrogen-bond acceptors (Lipinski definition) is 3. The highest BCUT2D eigenvalue weighted by Gasteiger charge is 2.71. The molecule has 3 rings (SSSR count). The minimum Gasteiger partial charge on any atom is -0.369 e. The summed E-state index contributed by atoms with van der Waals surface area (Å²) in [5.41, 5.74) is -5.26. The lowest BCUT2D eigenvalue weighted by molar-refractivity contribution is -0.376. The highest BCUT2D eigenvalue weighted by Crippen LogP contribution is 2.50. The first-order valence-corrected chi connectivity index (χ1v) is 8.11. The Balaban J connectivity index is 2.27. The Morgan fingerprint density at radius 2 is 1.63 bits per heavy atom. The average Bonchev–Trinajstić information content (AvgIpc) is 2.95. The molecule has 0 aliphatic heterocycles. The summed E-state index contributed by atoms with van der Waals surface area (Å²) in [6.45, 7) is 1.52. The number of benzene rings is 1. The first kappa shape index (κ1) is 19.6. The van der Waals surface area contributed by atoms with E-state index in [0.29, 0.717) is 27.9 Å². The van der Waals surface area contributed by atoms with Gasteiger partial charge < -0.3 is 5.11 Å². The van der Waals surface area contributed by atoms with Crippen molar-refractivity contribution in [2.45, 2.75) is 24.9 Å². The fourth-order valence-corrected chi connectivity index (χ4v) is 2.98. The number of alkyl halides is 6. The van der Waals surface area contributed by atoms with Crippen molar-refractivity contribution in [3.05, 3.63) is 52.5 Å². The molecule has 4 nitrogen and oxygen atoms in total. The zero-order valence-electron chi connectivity index (χ0n) is 13.4. The first-order chi connectivity index (χ1) is 12.4. The molecule has 0 bridgehead atoms. The van der Waals surface area contributed by atoms with E-state index in [9.17, 15) is 31.4 Å². The molecule has 0 radical (unpaired) electrons. The third-order valence-corrected chi connectivity index (χ3v) is 4.53. The van der Waals surface area contributed by atoms with Gasteiger partial charge in [-0.05, 0) is 34.5 Å². The van der Waals surface area contributed by atoms with Crippen LogP contribution in [0.3, 0.4) is 0 Å². The van der Waals surface area contributed by atoms with Gasteiger partial charge >= 0.3 is 12.4 Å². The molecule has 0 unspecified atom stereocenters. The molecule has 27 heavy (non-hydrogen) atoms. The Hall–Kier alpha value is -2.14. The average molecular weight is 454 g/mol. The molecule has 0 spiro atoms. The van der Waals surface area contributed by atoms with E-state index in [2.05, 4.69) is 25.9 Å². The van der Waals surface area contributed by atoms with Crippen LogP contribution in [0.1, 0.15) is 11.1 Å². The van der Waals surface area contributed by atoms with Crippen molar-refractivity contribution < 1.29 is 31.4 Å². The molecular formula is C16H10BrF6N3O. The van der Waals surface area contributed by atoms with Gasteiger partial charge in [0.2, 0.25) is 0 Å². The van der Waals surface area contributed by atoms with Crippen molar-refractivity contribution in [1.29, 1.82) is 0 Å². The normalized spacial score (nSPS) is 13.4. The highest BCUT2D eigenvalue weighted by atomic mass is 79.9. The van der Waals surface area contributed by atoms with Gasteiger partial charge in [0.1, 0.15) is 4.60 Å². The van der Waals surface area contributed by atoms with Crippen molar-refractivity contribution in [2.75, 3.05) is 0 Å². The molecule has 0 aliphatic carbocycles. The lowest BCUT2D eigenvalue weighted by Crippen LogP contribution is -2.53. The Kier molecular flexibility index (Phi) is 4.50. The Bertz CT molecular complexity index is 998. The number of rotatable bonds is 2. The van der Waals surface area contributed by atoms with Crippen LogP contribution in [0.2, 0.25) is 0 Å². The Morgan fingerprint density at radius 3 is 2.22 bits per heavy atom. The van der Waals surface area contributed by atoms with Gasteiger partial charge in [-0.3, -0.25) is 4.40 Å². The number of aromatic nitrogens is 3. The maximum absolute atomic E-state index is 13.2. The molecule has 0 aliphatic rings. The topological polar surface area (TPSA) is 50.4 Å². The summed E-state index contributed by atoms with van der Waals surface area (Å²) in [4.78, 5) is 7.99. The van der Waals surface area contributed by atoms with Crippen LogP contribution in [0, 0.1) is 6.92 Å². The monoisotopic (exact) mass is 453 g/mol. The molecule has 11 heteroatoms. The number of imidazole rings is 1. The maximum atomic E-state index is 13.2. The summed E-state index contributed by atoms with van der Waals surface area (Å²) in [7, 11) is 0. The third-order valence-electron chi connectivity index (χ3n) is 4.12. The maximum Gasteiger partial charge on any atom is 0.430 e. The second kappa shape index (κ2) is 6.20. The van der Waals surface area contributed by atoms with Gasteiger partial charge in [-0.1, -0.05) is 12.1 Å². The van der Waals surface area contributed by atoms with Gasteiger partial charge in [-0.25, -0.2) is 9.97 Å². The van der Waals surface area contributed by atoms with E-state index in [-0.39, 0.29) is 11.3 Å². The van der Waals surface area contributed by atoms with Crippen molar-refractivity contribution in [3.63, 3.8) is 0 Å². The zero-order valence-corrected chi connectivity index (χ0v) is 15.0. The third kappa shape index (κ3) is 3.08. The number of nitrogens with zero attached hydrogens (tertiary/aromatic N) is 3. The molecule has 0 fully saturated rings. The molecule has 144 valence electrons. The highest BCUT2D eigenvalue weighted by molar-refractivity contribution is 9.10. The van der Waals surface area contributed by atoms with Crippen LogP contribution in [-0.4, -0.2) is 31.8 Å². The molecule has 0 atom stereocenters. The smallest absolute Gasteiger partial charge is 0.369 e. The van der Waals surface area contributed by atoms with Crippen LogP contribution < -0.4 is 0 Å². The van der Waals surface area contributed by atoms with E-state index in [4.69, 9.17) is 0 Å². The second-order valence-electron chi connectivity index (χ2n) is 5.82. The van der Waals surface area contributed by atoms with E-state index in [1.807, 2.05) is 0 Å². The van der Waals surface area contributed by atoms with Gasteiger partial charge in [-0.2, -0.15) is 26.3 Å². The van der Waals surface area contributed by atoms with Crippen molar-refractivity contribution >= 4 is 21.6 Å². The van der Waals surface area contributed by atoms with Crippen LogP contribution in [0.15, 0.2) is 41.4 Å². The van der Waals surface area contributed by atoms with Crippen LogP contribution >= 0.6 is 15.9 Å². The van der Waals surface area contributed by atoms with Gasteiger partial charge in [0.05, 0.1) is 18.1 Å². The summed E-state index contributed by atoms with van der Waals surface area (Å²) >= 11 is 3.14. The molecule has 2 heterocycles. The van der Waals surface area contributed by atoms with Crippen molar-refractivity contribution in [2.24, 2.45) is 0 Å². The molecule has 0 saturated carbocycles. The van der Waals surface area contributed by atoms with Crippen LogP contribution in [-0.2, 0) is 5.60 Å². The zero-order chi connectivity index (χ0) is 20.2. The SMILES string of the molecule is Cc1ccc(C(O)(C(F)(F)F)C(F)(F)F)cc1-c1cnc2cnc(Br)cn12. The van der Waals surface area contributed by atoms with Crippen LogP contribution in [0.25, 0.3) is 16.9 Å². The molecule has 1 aromatic carbocycles. The van der Waals surface area contributed by atoms with E-state index < -0.39 is 23.5 Å². The Morgan fingerprint density at radius 1 is 1.00 bits per heavy atom. The lowest BCUT2D eigenvalue weighted by atomic mass is 9.89. The fourth-order valence-electron chi connectivity index (χ4n) is 2.68. The molecule has 3 aromatic rings. The van der Waals surface area contributed by atoms with Crippen LogP contribution in [0.5, 0.6) is 0 Å². The summed E-state index contributed by atoms with van der Waals surface area (Å²) in [6, 6.07) is 2.37. The molecule has 0 saturated heterocycles. The number of hydrogen-bond donors (Lipinski definition) is 1. The molecule has 2 aromatic heterocycles. The van der Waals surface area contributed by atoms with E-state index in [1.54, 1.807) is 0 Å². The fraction of sp³-hybridized carbons (Fsp3) is 0.250. The second-order valence-corrected chi connectivity index (χ2v) is 6.63. The van der Waals surface area contributed by atoms with Crippen molar-refractivity contribution in [3.8, 4) is 11.3 Å². The minimum atomic E-state index is -5.95. The van der Waals surface area contributed by atoms with Crippen molar-refractivity contribution in [1.82, 2.24) is 14.4 Å². The Labute approximate surface area is 156 Å². The van der Waals surface area contributed by atoms with Gasteiger partial charge in [0, 0.05) is 17.3 Å². The number of fused-ring (bicyclic) bond motifs is 1. The first-order valence-electron chi connectivity index (χ1n) is 7.32. The summed E-state index contributed by atoms with van der Waals surface area (Å²) < 4.78 is 80.8. The quantitative estimate of drug-likeness (QED) is 0.568. The minimum absolute atomic E-state index is 0.0602. The predicted octanol–water partition coefficient (Wildman–Crippen LogP) is 4.78. The summed E-state index contributed by atoms with van der Waals surface area (Å²) in [5, 5.41) is 9.64. The molecule has 0 amide bonds. The molecular weight excluding hydrogens is 444 g/mol. The molecule has 1 N–H and O–H groups in total. The largest absolute Gasteiger partial charge is 0.430 e. The standard InChI is InChI=1S/C16H10BrF6N3O/c1-8-2-3-9(14(27,15(18,19)20)16(21,22)23)4-10(8)11-5-25-13-6-24-12(17)7-26(11)13/h2-7,27H,1H3. The van der Waals surface area contributed by atoms with Gasteiger partial charge in [-0.15, -0.1) is 0 Å². The number of halogens is 7. The lowest BCUT2D eigenvalue weighted by Gasteiger charge is -2.33. The predicted molar refractivity (Wildman–Crippen MR) is 86.9 cm³/mol. The summed E-state index contributed by atoms with van der Waals surface area (Å²) in [5.74, 6) is 0. The van der Waals surface area contributed by atoms with Crippen LogP contribution in [0.4, 0.5) is 26.3 Å². The van der Waals surface area contributed by atoms with Gasteiger partial charge in [0.25, 0.3) is 5.60 Å². The van der Waals surface area contributed by atoms with E-state index in [1.165, 1.54) is 29.9 Å². The number of aryl methyl sites for hydroxylation is 1. The van der Waals surface area contributed by atoms with E-state index in [0.717, 1.165) is 6.07 Å². The summed E-state index contributed by atoms with van der Waals surface area (Å²) in [6.07, 6.45) is -7.75. The number of aliphatic hydroxyl groups is 1. The van der Waals surface area contributed by atoms with Gasteiger partial charge in [0.15, 0.2) is 5.65 Å².